The fourth-order valence-corrected chi connectivity index (χ4v) is 7.47. The van der Waals surface area contributed by atoms with E-state index in [1.165, 1.54) is 11.1 Å². The van der Waals surface area contributed by atoms with Crippen molar-refractivity contribution in [1.29, 1.82) is 0 Å². The maximum absolute atomic E-state index is 13.3. The summed E-state index contributed by atoms with van der Waals surface area (Å²) >= 11 is 0. The van der Waals surface area contributed by atoms with Crippen LogP contribution in [-0.2, 0) is 15.0 Å². The van der Waals surface area contributed by atoms with E-state index in [9.17, 15) is 19.8 Å². The molecule has 2 aliphatic rings. The second-order valence-electron chi connectivity index (χ2n) is 11.9. The Balaban J connectivity index is 1.45. The molecule has 3 heterocycles. The van der Waals surface area contributed by atoms with Crippen LogP contribution in [0.2, 0.25) is 0 Å². The van der Waals surface area contributed by atoms with Crippen LogP contribution in [0.15, 0.2) is 85.1 Å². The van der Waals surface area contributed by atoms with Crippen LogP contribution in [0, 0.1) is 10.8 Å². The zero-order valence-electron chi connectivity index (χ0n) is 23.7. The number of pyridine rings is 1. The lowest BCUT2D eigenvalue weighted by atomic mass is 9.53. The quantitative estimate of drug-likeness (QED) is 0.327. The molecule has 41 heavy (non-hydrogen) atoms. The van der Waals surface area contributed by atoms with E-state index in [0.717, 1.165) is 25.9 Å². The number of carboxylic acid groups (broad SMARTS) is 2. The number of rotatable bonds is 8. The largest absolute Gasteiger partial charge is 0.481 e. The molecule has 2 saturated heterocycles. The number of benzene rings is 2. The summed E-state index contributed by atoms with van der Waals surface area (Å²) in [6, 6.07) is 25.9. The van der Waals surface area contributed by atoms with Crippen molar-refractivity contribution in [3.05, 3.63) is 102 Å². The molecule has 2 fully saturated rings. The average Bonchev–Trinajstić information content (AvgIpc) is 2.99. The van der Waals surface area contributed by atoms with Gasteiger partial charge in [-0.2, -0.15) is 0 Å². The summed E-state index contributed by atoms with van der Waals surface area (Å²) in [4.78, 5) is 32.9. The fraction of sp³-hybridized carbons (Fsp3) is 0.424. The van der Waals surface area contributed by atoms with Crippen LogP contribution in [-0.4, -0.2) is 63.9 Å². The van der Waals surface area contributed by atoms with Crippen molar-refractivity contribution >= 4 is 11.9 Å². The van der Waals surface area contributed by atoms with E-state index in [2.05, 4.69) is 63.7 Å². The summed E-state index contributed by atoms with van der Waals surface area (Å²) < 4.78 is 0. The number of aromatic nitrogens is 1. The normalized spacial score (nSPS) is 30.0. The van der Waals surface area contributed by atoms with Crippen molar-refractivity contribution in [1.82, 2.24) is 15.2 Å². The highest BCUT2D eigenvalue weighted by atomic mass is 16.4. The van der Waals surface area contributed by atoms with E-state index >= 15 is 0 Å². The van der Waals surface area contributed by atoms with Gasteiger partial charge in [0.05, 0.1) is 11.6 Å². The summed E-state index contributed by atoms with van der Waals surface area (Å²) in [5.41, 5.74) is 6.29. The maximum atomic E-state index is 13.3. The number of hydrogen-bond donors (Lipinski definition) is 4. The van der Waals surface area contributed by atoms with E-state index in [1.54, 1.807) is 38.2 Å². The summed E-state index contributed by atoms with van der Waals surface area (Å²) in [5, 5.41) is 24.5. The summed E-state index contributed by atoms with van der Waals surface area (Å²) in [7, 11) is 0. The van der Waals surface area contributed by atoms with Crippen LogP contribution in [0.4, 0.5) is 0 Å². The van der Waals surface area contributed by atoms with Gasteiger partial charge in [-0.05, 0) is 76.0 Å². The Labute approximate surface area is 241 Å². The van der Waals surface area contributed by atoms with Gasteiger partial charge in [0.25, 0.3) is 0 Å². The first-order valence-electron chi connectivity index (χ1n) is 14.4. The van der Waals surface area contributed by atoms with Crippen LogP contribution >= 0.6 is 0 Å². The minimum atomic E-state index is -1.59. The third kappa shape index (κ3) is 4.84. The molecule has 3 aromatic rings. The van der Waals surface area contributed by atoms with Gasteiger partial charge < -0.3 is 20.8 Å². The Morgan fingerprint density at radius 3 is 1.98 bits per heavy atom. The standard InChI is InChI=1S/C33H40N4O4/c1-23-33(30(40)41,27(26-15-9-10-19-35-26)31(2,29(38)39)28(34)36-23)18-22-37-20-16-32(17-21-37,24-11-5-3-6-12-24)25-13-7-4-8-14-25/h3-15,19,23,27-28,36H,16-18,20-22,34H2,1-2H3,(H,38,39)(H,40,41)/t23?,27-,28?,31?,33?/m0/s1. The van der Waals surface area contributed by atoms with Gasteiger partial charge >= 0.3 is 11.9 Å². The maximum Gasteiger partial charge on any atom is 0.313 e. The monoisotopic (exact) mass is 556 g/mol. The lowest BCUT2D eigenvalue weighted by molar-refractivity contribution is -0.172. The lowest BCUT2D eigenvalue weighted by Gasteiger charge is -2.55. The third-order valence-corrected chi connectivity index (χ3v) is 10.0. The molecule has 1 aromatic heterocycles. The zero-order chi connectivity index (χ0) is 29.3. The Kier molecular flexibility index (Phi) is 8.01. The Morgan fingerprint density at radius 1 is 0.927 bits per heavy atom. The molecule has 0 spiro atoms. The molecule has 5 rings (SSSR count). The number of carbonyl (C=O) groups is 2. The average molecular weight is 557 g/mol. The van der Waals surface area contributed by atoms with Crippen molar-refractivity contribution in [3.63, 3.8) is 0 Å². The van der Waals surface area contributed by atoms with Crippen LogP contribution in [0.1, 0.15) is 55.8 Å². The SMILES string of the molecule is CC1NC(N)C(C)(C(=O)O)[C@H](c2ccccn2)C1(CCN1CCC(c2ccccc2)(c2ccccc2)CC1)C(=O)O. The van der Waals surface area contributed by atoms with Gasteiger partial charge in [0.15, 0.2) is 0 Å². The van der Waals surface area contributed by atoms with Gasteiger partial charge in [-0.3, -0.25) is 19.9 Å². The predicted octanol–water partition coefficient (Wildman–Crippen LogP) is 4.08. The smallest absolute Gasteiger partial charge is 0.313 e. The molecule has 8 nitrogen and oxygen atoms in total. The second-order valence-corrected chi connectivity index (χ2v) is 11.9. The van der Waals surface area contributed by atoms with E-state index < -0.39 is 40.9 Å². The fourth-order valence-electron chi connectivity index (χ4n) is 7.47. The molecular formula is C33H40N4O4. The Morgan fingerprint density at radius 2 is 1.49 bits per heavy atom. The molecule has 0 radical (unpaired) electrons. The third-order valence-electron chi connectivity index (χ3n) is 10.0. The van der Waals surface area contributed by atoms with Gasteiger partial charge in [0.2, 0.25) is 0 Å². The molecule has 5 N–H and O–H groups in total. The van der Waals surface area contributed by atoms with Crippen molar-refractivity contribution in [2.24, 2.45) is 16.6 Å². The topological polar surface area (TPSA) is 129 Å². The van der Waals surface area contributed by atoms with E-state index in [4.69, 9.17) is 5.73 Å². The molecule has 5 atom stereocenters. The van der Waals surface area contributed by atoms with Crippen molar-refractivity contribution in [3.8, 4) is 0 Å². The van der Waals surface area contributed by atoms with Gasteiger partial charge in [0.1, 0.15) is 5.41 Å². The first kappa shape index (κ1) is 28.9. The molecule has 216 valence electrons. The number of likely N-dealkylation sites (tertiary alicyclic amines) is 1. The molecule has 0 aliphatic carbocycles. The highest BCUT2D eigenvalue weighted by Gasteiger charge is 2.66. The number of piperidine rings is 2. The van der Waals surface area contributed by atoms with Crippen LogP contribution in [0.3, 0.4) is 0 Å². The molecular weight excluding hydrogens is 516 g/mol. The number of nitrogens with zero attached hydrogens (tertiary/aromatic N) is 2. The molecule has 4 unspecified atom stereocenters. The number of nitrogens with one attached hydrogen (secondary N) is 1. The minimum Gasteiger partial charge on any atom is -0.481 e. The lowest BCUT2D eigenvalue weighted by Crippen LogP contribution is -2.72. The summed E-state index contributed by atoms with van der Waals surface area (Å²) in [6.07, 6.45) is 2.70. The molecule has 0 bridgehead atoms. The molecule has 0 saturated carbocycles. The number of carboxylic acids is 2. The molecule has 8 heteroatoms. The summed E-state index contributed by atoms with van der Waals surface area (Å²) in [5.74, 6) is -3.11. The minimum absolute atomic E-state index is 0.117. The first-order valence-corrected chi connectivity index (χ1v) is 14.4. The first-order chi connectivity index (χ1) is 19.7. The Bertz CT molecular complexity index is 1310. The van der Waals surface area contributed by atoms with Gasteiger partial charge in [0, 0.05) is 29.3 Å². The number of nitrogens with two attached hydrogens (primary N) is 1. The number of aliphatic carboxylic acids is 2. The van der Waals surface area contributed by atoms with Crippen molar-refractivity contribution in [2.75, 3.05) is 19.6 Å². The highest BCUT2D eigenvalue weighted by molar-refractivity contribution is 5.83. The molecule has 2 aliphatic heterocycles. The predicted molar refractivity (Wildman–Crippen MR) is 157 cm³/mol. The van der Waals surface area contributed by atoms with E-state index in [-0.39, 0.29) is 11.8 Å². The van der Waals surface area contributed by atoms with Gasteiger partial charge in [-0.25, -0.2) is 0 Å². The molecule has 2 aromatic carbocycles. The zero-order valence-corrected chi connectivity index (χ0v) is 23.7. The van der Waals surface area contributed by atoms with Crippen molar-refractivity contribution < 1.29 is 19.8 Å². The van der Waals surface area contributed by atoms with Gasteiger partial charge in [-0.1, -0.05) is 66.7 Å². The van der Waals surface area contributed by atoms with Crippen LogP contribution in [0.25, 0.3) is 0 Å². The highest BCUT2D eigenvalue weighted by Crippen LogP contribution is 2.56. The van der Waals surface area contributed by atoms with Gasteiger partial charge in [-0.15, -0.1) is 0 Å². The summed E-state index contributed by atoms with van der Waals surface area (Å²) in [6.45, 7) is 5.46. The van der Waals surface area contributed by atoms with E-state index in [0.29, 0.717) is 12.2 Å². The van der Waals surface area contributed by atoms with Crippen molar-refractivity contribution in [2.45, 2.75) is 56.7 Å². The molecule has 0 amide bonds. The van der Waals surface area contributed by atoms with Crippen LogP contribution < -0.4 is 11.1 Å². The van der Waals surface area contributed by atoms with Crippen LogP contribution in [0.5, 0.6) is 0 Å². The Hall–Kier alpha value is -3.59. The van der Waals surface area contributed by atoms with E-state index in [1.807, 2.05) is 12.1 Å². The number of hydrogen-bond acceptors (Lipinski definition) is 6. The second kappa shape index (κ2) is 11.4.